The average Bonchev–Trinajstić information content (AvgIpc) is 3.09. The molecule has 0 spiro atoms. The first-order valence-corrected chi connectivity index (χ1v) is 5.60. The van der Waals surface area contributed by atoms with Gasteiger partial charge in [-0.3, -0.25) is 0 Å². The summed E-state index contributed by atoms with van der Waals surface area (Å²) in [7, 11) is 1.35. The van der Waals surface area contributed by atoms with Gasteiger partial charge in [0.25, 0.3) is 6.43 Å². The van der Waals surface area contributed by atoms with Crippen LogP contribution >= 0.6 is 0 Å². The lowest BCUT2D eigenvalue weighted by molar-refractivity contribution is 0.146. The Balaban J connectivity index is 2.63. The minimum absolute atomic E-state index is 0.132. The van der Waals surface area contributed by atoms with Gasteiger partial charge in [0.1, 0.15) is 11.3 Å². The van der Waals surface area contributed by atoms with Gasteiger partial charge in [0.15, 0.2) is 0 Å². The van der Waals surface area contributed by atoms with E-state index in [9.17, 15) is 13.6 Å². The van der Waals surface area contributed by atoms with Gasteiger partial charge in [-0.25, -0.2) is 13.6 Å². The quantitative estimate of drug-likeness (QED) is 0.610. The number of nitrogens with zero attached hydrogens (tertiary/aromatic N) is 1. The Labute approximate surface area is 103 Å². The van der Waals surface area contributed by atoms with Crippen LogP contribution < -0.4 is 4.74 Å². The predicted molar refractivity (Wildman–Crippen MR) is 61.7 cm³/mol. The minimum atomic E-state index is -2.62. The van der Waals surface area contributed by atoms with Crippen LogP contribution in [-0.2, 0) is 10.3 Å². The topological polar surface area (TPSA) is 38.7 Å². The molecule has 0 unspecified atom stereocenters. The maximum absolute atomic E-state index is 13.0. The molecule has 0 aromatic heterocycles. The molecule has 0 bridgehead atoms. The maximum atomic E-state index is 13.0. The number of aryl methyl sites for hydroxylation is 1. The molecule has 1 fully saturated rings. The Hall–Kier alpha value is -1.74. The van der Waals surface area contributed by atoms with E-state index < -0.39 is 12.0 Å². The monoisotopic (exact) mass is 253 g/mol. The number of aliphatic imine (C=N–C) groups is 1. The number of methoxy groups -OCH3 is 1. The minimum Gasteiger partial charge on any atom is -0.496 e. The molecule has 1 saturated carbocycles. The largest absolute Gasteiger partial charge is 0.496 e. The molecular formula is C13H13F2NO2. The standard InChI is InChI=1S/C13H13F2NO2/c1-8-5-9(12(14)15)11(18-2)10(6-8)13(3-4-13)16-7-17/h5-6,12H,3-4H2,1-2H3. The van der Waals surface area contributed by atoms with Gasteiger partial charge in [0, 0.05) is 5.56 Å². The average molecular weight is 253 g/mol. The fourth-order valence-corrected chi connectivity index (χ4v) is 2.18. The molecule has 0 atom stereocenters. The number of ether oxygens (including phenoxy) is 1. The summed E-state index contributed by atoms with van der Waals surface area (Å²) in [6.45, 7) is 1.73. The van der Waals surface area contributed by atoms with Crippen molar-refractivity contribution in [2.24, 2.45) is 4.99 Å². The first-order chi connectivity index (χ1) is 8.54. The lowest BCUT2D eigenvalue weighted by Crippen LogP contribution is -2.08. The number of benzene rings is 1. The number of halogens is 2. The smallest absolute Gasteiger partial charge is 0.267 e. The third-order valence-electron chi connectivity index (χ3n) is 3.19. The molecule has 0 amide bonds. The lowest BCUT2D eigenvalue weighted by Gasteiger charge is -2.18. The zero-order valence-electron chi connectivity index (χ0n) is 10.2. The molecule has 18 heavy (non-hydrogen) atoms. The van der Waals surface area contributed by atoms with Crippen LogP contribution in [0.15, 0.2) is 17.1 Å². The van der Waals surface area contributed by atoms with Gasteiger partial charge in [-0.15, -0.1) is 0 Å². The molecule has 1 aliphatic carbocycles. The van der Waals surface area contributed by atoms with E-state index in [1.807, 2.05) is 0 Å². The summed E-state index contributed by atoms with van der Waals surface area (Å²) in [5.74, 6) is 0.132. The normalized spacial score (nSPS) is 16.3. The van der Waals surface area contributed by atoms with Crippen LogP contribution in [0, 0.1) is 6.92 Å². The van der Waals surface area contributed by atoms with E-state index >= 15 is 0 Å². The van der Waals surface area contributed by atoms with Gasteiger partial charge in [-0.05, 0) is 31.9 Å². The molecular weight excluding hydrogens is 240 g/mol. The molecule has 0 N–H and O–H groups in total. The van der Waals surface area contributed by atoms with Gasteiger partial charge in [-0.2, -0.15) is 4.99 Å². The second-order valence-electron chi connectivity index (χ2n) is 4.47. The number of alkyl halides is 2. The molecule has 1 aromatic carbocycles. The van der Waals surface area contributed by atoms with Crippen LogP contribution in [0.4, 0.5) is 8.78 Å². The van der Waals surface area contributed by atoms with E-state index in [0.717, 1.165) is 0 Å². The van der Waals surface area contributed by atoms with Crippen molar-refractivity contribution in [1.29, 1.82) is 0 Å². The van der Waals surface area contributed by atoms with Crippen LogP contribution in [0.3, 0.4) is 0 Å². The van der Waals surface area contributed by atoms with Gasteiger partial charge in [-0.1, -0.05) is 5.56 Å². The zero-order chi connectivity index (χ0) is 13.3. The molecule has 0 saturated heterocycles. The lowest BCUT2D eigenvalue weighted by atomic mass is 9.97. The van der Waals surface area contributed by atoms with Gasteiger partial charge < -0.3 is 4.74 Å². The Bertz CT molecular complexity index is 518. The zero-order valence-corrected chi connectivity index (χ0v) is 10.2. The van der Waals surface area contributed by atoms with Crippen molar-refractivity contribution in [3.05, 3.63) is 28.8 Å². The van der Waals surface area contributed by atoms with Crippen LogP contribution in [-0.4, -0.2) is 13.2 Å². The van der Waals surface area contributed by atoms with Crippen LogP contribution in [0.25, 0.3) is 0 Å². The third kappa shape index (κ3) is 2.02. The van der Waals surface area contributed by atoms with Crippen molar-refractivity contribution >= 4 is 6.08 Å². The van der Waals surface area contributed by atoms with Crippen molar-refractivity contribution < 1.29 is 18.3 Å². The highest BCUT2D eigenvalue weighted by Crippen LogP contribution is 2.54. The summed E-state index contributed by atoms with van der Waals surface area (Å²) >= 11 is 0. The number of hydrogen-bond donors (Lipinski definition) is 0. The fourth-order valence-electron chi connectivity index (χ4n) is 2.18. The Morgan fingerprint density at radius 3 is 2.56 bits per heavy atom. The summed E-state index contributed by atoms with van der Waals surface area (Å²) in [6, 6.07) is 3.15. The van der Waals surface area contributed by atoms with E-state index in [4.69, 9.17) is 4.74 Å². The molecule has 96 valence electrons. The second-order valence-corrected chi connectivity index (χ2v) is 4.47. The van der Waals surface area contributed by atoms with Crippen molar-refractivity contribution in [3.63, 3.8) is 0 Å². The highest BCUT2D eigenvalue weighted by atomic mass is 19.3. The molecule has 0 heterocycles. The Morgan fingerprint density at radius 2 is 2.11 bits per heavy atom. The fraction of sp³-hybridized carbons (Fsp3) is 0.462. The number of isocyanates is 1. The second kappa shape index (κ2) is 4.50. The van der Waals surface area contributed by atoms with Gasteiger partial charge in [0.05, 0.1) is 12.7 Å². The van der Waals surface area contributed by atoms with E-state index in [1.165, 1.54) is 19.3 Å². The highest BCUT2D eigenvalue weighted by molar-refractivity contribution is 5.53. The molecule has 2 rings (SSSR count). The number of hydrogen-bond acceptors (Lipinski definition) is 3. The van der Waals surface area contributed by atoms with Crippen molar-refractivity contribution in [1.82, 2.24) is 0 Å². The molecule has 5 heteroatoms. The Morgan fingerprint density at radius 1 is 1.44 bits per heavy atom. The van der Waals surface area contributed by atoms with E-state index in [-0.39, 0.29) is 11.3 Å². The van der Waals surface area contributed by atoms with Crippen LogP contribution in [0.5, 0.6) is 5.75 Å². The number of rotatable bonds is 4. The Kier molecular flexibility index (Phi) is 3.18. The maximum Gasteiger partial charge on any atom is 0.267 e. The summed E-state index contributed by atoms with van der Waals surface area (Å²) in [5.41, 5.74) is 0.403. The summed E-state index contributed by atoms with van der Waals surface area (Å²) in [6.07, 6.45) is 0.219. The highest BCUT2D eigenvalue weighted by Gasteiger charge is 2.47. The number of carbonyl (C=O) groups excluding carboxylic acids is 1. The summed E-state index contributed by atoms with van der Waals surface area (Å²) in [5, 5.41) is 0. The molecule has 1 aromatic rings. The van der Waals surface area contributed by atoms with Gasteiger partial charge >= 0.3 is 0 Å². The van der Waals surface area contributed by atoms with Gasteiger partial charge in [0.2, 0.25) is 6.08 Å². The molecule has 0 radical (unpaired) electrons. The summed E-state index contributed by atoms with van der Waals surface area (Å²) < 4.78 is 31.1. The SMILES string of the molecule is COc1c(C(F)F)cc(C)cc1C1(N=C=O)CC1. The van der Waals surface area contributed by atoms with E-state index in [1.54, 1.807) is 13.0 Å². The van der Waals surface area contributed by atoms with Crippen LogP contribution in [0.1, 0.15) is 36.0 Å². The molecule has 0 aliphatic heterocycles. The molecule has 1 aliphatic rings. The first-order valence-electron chi connectivity index (χ1n) is 5.60. The third-order valence-corrected chi connectivity index (χ3v) is 3.19. The van der Waals surface area contributed by atoms with Crippen molar-refractivity contribution in [2.45, 2.75) is 31.7 Å². The van der Waals surface area contributed by atoms with E-state index in [2.05, 4.69) is 4.99 Å². The predicted octanol–water partition coefficient (Wildman–Crippen LogP) is 3.27. The van der Waals surface area contributed by atoms with Crippen molar-refractivity contribution in [3.8, 4) is 5.75 Å². The molecule has 3 nitrogen and oxygen atoms in total. The van der Waals surface area contributed by atoms with Crippen molar-refractivity contribution in [2.75, 3.05) is 7.11 Å². The first kappa shape index (κ1) is 12.7. The summed E-state index contributed by atoms with van der Waals surface area (Å²) in [4.78, 5) is 14.2. The van der Waals surface area contributed by atoms with Crippen LogP contribution in [0.2, 0.25) is 0 Å². The van der Waals surface area contributed by atoms with E-state index in [0.29, 0.717) is 24.0 Å².